The molecule has 0 unspecified atom stereocenters. The summed E-state index contributed by atoms with van der Waals surface area (Å²) in [7, 11) is 1.66. The van der Waals surface area contributed by atoms with Crippen molar-refractivity contribution in [3.05, 3.63) is 35.1 Å². The van der Waals surface area contributed by atoms with Crippen LogP contribution in [0.2, 0.25) is 0 Å². The molecular weight excluding hydrogens is 231 g/mol. The minimum Gasteiger partial charge on any atom is -0.356 e. The molecule has 1 aromatic carbocycles. The van der Waals surface area contributed by atoms with Gasteiger partial charge in [0.05, 0.1) is 11.6 Å². The van der Waals surface area contributed by atoms with Crippen LogP contribution in [0.15, 0.2) is 23.2 Å². The molecule has 2 N–H and O–H groups in total. The third kappa shape index (κ3) is 4.06. The number of nitrogens with one attached hydrogen (secondary N) is 2. The second kappa shape index (κ2) is 7.28. The number of hydrogen-bond acceptors (Lipinski definition) is 2. The van der Waals surface area contributed by atoms with E-state index in [1.54, 1.807) is 7.05 Å². The van der Waals surface area contributed by atoms with Crippen molar-refractivity contribution in [3.63, 3.8) is 0 Å². The Morgan fingerprint density at radius 2 is 2.22 bits per heavy atom. The molecule has 1 aromatic rings. The molecule has 0 fully saturated rings. The molecule has 18 heavy (non-hydrogen) atoms. The molecule has 0 bridgehead atoms. The van der Waals surface area contributed by atoms with E-state index >= 15 is 0 Å². The maximum Gasteiger partial charge on any atom is 0.191 e. The van der Waals surface area contributed by atoms with Crippen molar-refractivity contribution in [2.24, 2.45) is 4.99 Å². The van der Waals surface area contributed by atoms with Gasteiger partial charge in [-0.3, -0.25) is 4.99 Å². The molecule has 0 saturated heterocycles. The van der Waals surface area contributed by atoms with Crippen molar-refractivity contribution < 1.29 is 4.39 Å². The van der Waals surface area contributed by atoms with Gasteiger partial charge in [0, 0.05) is 25.7 Å². The van der Waals surface area contributed by atoms with Crippen molar-refractivity contribution in [3.8, 4) is 6.07 Å². The highest BCUT2D eigenvalue weighted by Gasteiger charge is 2.04. The Hall–Kier alpha value is -2.09. The average molecular weight is 248 g/mol. The molecule has 0 aliphatic carbocycles. The van der Waals surface area contributed by atoms with Gasteiger partial charge in [0.15, 0.2) is 5.96 Å². The first kappa shape index (κ1) is 14.0. The summed E-state index contributed by atoms with van der Waals surface area (Å²) in [4.78, 5) is 4.02. The Labute approximate surface area is 107 Å². The zero-order valence-corrected chi connectivity index (χ0v) is 10.6. The van der Waals surface area contributed by atoms with E-state index in [9.17, 15) is 4.39 Å². The molecule has 0 radical (unpaired) electrons. The number of aliphatic imine (C=N–C) groups is 1. The van der Waals surface area contributed by atoms with Gasteiger partial charge < -0.3 is 10.6 Å². The molecule has 0 atom stereocenters. The highest BCUT2D eigenvalue weighted by Crippen LogP contribution is 2.09. The molecule has 5 heteroatoms. The number of halogens is 1. The monoisotopic (exact) mass is 248 g/mol. The summed E-state index contributed by atoms with van der Waals surface area (Å²) in [6.07, 6.45) is 0.985. The Bertz CT molecular complexity index is 463. The normalized spacial score (nSPS) is 10.9. The van der Waals surface area contributed by atoms with Gasteiger partial charge in [0.25, 0.3) is 0 Å². The smallest absolute Gasteiger partial charge is 0.191 e. The first-order chi connectivity index (χ1) is 8.71. The average Bonchev–Trinajstić information content (AvgIpc) is 2.40. The molecule has 0 saturated carbocycles. The van der Waals surface area contributed by atoms with Gasteiger partial charge in [-0.05, 0) is 24.6 Å². The molecular formula is C13H17FN4. The van der Waals surface area contributed by atoms with Crippen LogP contribution in [0.4, 0.5) is 4.39 Å². The Kier molecular flexibility index (Phi) is 5.65. The minimum atomic E-state index is -0.326. The third-order valence-electron chi connectivity index (χ3n) is 2.39. The van der Waals surface area contributed by atoms with Gasteiger partial charge in [0.1, 0.15) is 5.82 Å². The molecule has 0 amide bonds. The van der Waals surface area contributed by atoms with Gasteiger partial charge in [-0.15, -0.1) is 0 Å². The lowest BCUT2D eigenvalue weighted by molar-refractivity contribution is 0.604. The SMILES string of the molecule is CCCNC(=NC)NCc1cc(C#N)ccc1F. The molecule has 0 aromatic heterocycles. The van der Waals surface area contributed by atoms with Crippen LogP contribution in [0.3, 0.4) is 0 Å². The van der Waals surface area contributed by atoms with E-state index in [4.69, 9.17) is 5.26 Å². The van der Waals surface area contributed by atoms with Gasteiger partial charge in [-0.2, -0.15) is 5.26 Å². The van der Waals surface area contributed by atoms with Crippen LogP contribution in [0.1, 0.15) is 24.5 Å². The summed E-state index contributed by atoms with van der Waals surface area (Å²) in [6.45, 7) is 3.15. The number of guanidine groups is 1. The van der Waals surface area contributed by atoms with Crippen LogP contribution in [0.25, 0.3) is 0 Å². The largest absolute Gasteiger partial charge is 0.356 e. The number of nitriles is 1. The van der Waals surface area contributed by atoms with Crippen LogP contribution in [0.5, 0.6) is 0 Å². The van der Waals surface area contributed by atoms with Gasteiger partial charge in [0.2, 0.25) is 0 Å². The molecule has 96 valence electrons. The van der Waals surface area contributed by atoms with E-state index in [0.29, 0.717) is 23.6 Å². The fourth-order valence-electron chi connectivity index (χ4n) is 1.42. The fourth-order valence-corrected chi connectivity index (χ4v) is 1.42. The molecule has 0 heterocycles. The van der Waals surface area contributed by atoms with E-state index in [-0.39, 0.29) is 5.82 Å². The second-order valence-corrected chi connectivity index (χ2v) is 3.77. The zero-order valence-electron chi connectivity index (χ0n) is 10.6. The number of nitrogens with zero attached hydrogens (tertiary/aromatic N) is 2. The van der Waals surface area contributed by atoms with Crippen molar-refractivity contribution in [1.29, 1.82) is 5.26 Å². The van der Waals surface area contributed by atoms with Gasteiger partial charge >= 0.3 is 0 Å². The maximum atomic E-state index is 13.5. The lowest BCUT2D eigenvalue weighted by atomic mass is 10.1. The summed E-state index contributed by atoms with van der Waals surface area (Å²) < 4.78 is 13.5. The maximum absolute atomic E-state index is 13.5. The Morgan fingerprint density at radius 1 is 1.44 bits per heavy atom. The van der Waals surface area contributed by atoms with E-state index in [1.807, 2.05) is 6.07 Å². The topological polar surface area (TPSA) is 60.2 Å². The predicted octanol–water partition coefficient (Wildman–Crippen LogP) is 1.77. The van der Waals surface area contributed by atoms with E-state index in [2.05, 4.69) is 22.5 Å². The Balaban J connectivity index is 2.65. The second-order valence-electron chi connectivity index (χ2n) is 3.77. The zero-order chi connectivity index (χ0) is 13.4. The molecule has 1 rings (SSSR count). The first-order valence-corrected chi connectivity index (χ1v) is 5.84. The van der Waals surface area contributed by atoms with Crippen molar-refractivity contribution in [2.75, 3.05) is 13.6 Å². The quantitative estimate of drug-likeness (QED) is 0.630. The summed E-state index contributed by atoms with van der Waals surface area (Å²) in [5.41, 5.74) is 0.901. The lowest BCUT2D eigenvalue weighted by Crippen LogP contribution is -2.37. The van der Waals surface area contributed by atoms with E-state index in [0.717, 1.165) is 13.0 Å². The third-order valence-corrected chi connectivity index (χ3v) is 2.39. The minimum absolute atomic E-state index is 0.296. The van der Waals surface area contributed by atoms with Crippen LogP contribution >= 0.6 is 0 Å². The molecule has 0 spiro atoms. The lowest BCUT2D eigenvalue weighted by Gasteiger charge is -2.11. The van der Waals surface area contributed by atoms with Crippen molar-refractivity contribution >= 4 is 5.96 Å². The van der Waals surface area contributed by atoms with Gasteiger partial charge in [-0.25, -0.2) is 4.39 Å². The van der Waals surface area contributed by atoms with E-state index < -0.39 is 0 Å². The van der Waals surface area contributed by atoms with Crippen LogP contribution in [0, 0.1) is 17.1 Å². The number of benzene rings is 1. The van der Waals surface area contributed by atoms with Crippen molar-refractivity contribution in [1.82, 2.24) is 10.6 Å². The summed E-state index contributed by atoms with van der Waals surface area (Å²) in [5, 5.41) is 14.9. The summed E-state index contributed by atoms with van der Waals surface area (Å²) in [6, 6.07) is 6.29. The molecule has 0 aliphatic heterocycles. The molecule has 4 nitrogen and oxygen atoms in total. The highest BCUT2D eigenvalue weighted by atomic mass is 19.1. The standard InChI is InChI=1S/C13H17FN4/c1-3-6-17-13(16-2)18-9-11-7-10(8-15)4-5-12(11)14/h4-5,7H,3,6,9H2,1-2H3,(H2,16,17,18). The Morgan fingerprint density at radius 3 is 2.83 bits per heavy atom. The summed E-state index contributed by atoms with van der Waals surface area (Å²) >= 11 is 0. The highest BCUT2D eigenvalue weighted by molar-refractivity contribution is 5.79. The number of hydrogen-bond donors (Lipinski definition) is 2. The molecule has 0 aliphatic rings. The van der Waals surface area contributed by atoms with Gasteiger partial charge in [-0.1, -0.05) is 6.92 Å². The van der Waals surface area contributed by atoms with Crippen LogP contribution in [-0.4, -0.2) is 19.6 Å². The fraction of sp³-hybridized carbons (Fsp3) is 0.385. The first-order valence-electron chi connectivity index (χ1n) is 5.84. The van der Waals surface area contributed by atoms with Crippen molar-refractivity contribution in [2.45, 2.75) is 19.9 Å². The van der Waals surface area contributed by atoms with Crippen LogP contribution < -0.4 is 10.6 Å². The number of rotatable bonds is 4. The van der Waals surface area contributed by atoms with E-state index in [1.165, 1.54) is 18.2 Å². The summed E-state index contributed by atoms with van der Waals surface area (Å²) in [5.74, 6) is 0.297. The van der Waals surface area contributed by atoms with Crippen LogP contribution in [-0.2, 0) is 6.54 Å². The predicted molar refractivity (Wildman–Crippen MR) is 69.6 cm³/mol.